The predicted octanol–water partition coefficient (Wildman–Crippen LogP) is 0.713. The zero-order valence-corrected chi connectivity index (χ0v) is 12.5. The van der Waals surface area contributed by atoms with Crippen LogP contribution in [0.15, 0.2) is 23.1 Å². The summed E-state index contributed by atoms with van der Waals surface area (Å²) >= 11 is 0. The largest absolute Gasteiger partial charge is 0.480 e. The second-order valence-electron chi connectivity index (χ2n) is 5.14. The van der Waals surface area contributed by atoms with Crippen LogP contribution in [0.3, 0.4) is 0 Å². The number of sulfonamides is 1. The first-order chi connectivity index (χ1) is 9.68. The quantitative estimate of drug-likeness (QED) is 0.741. The Labute approximate surface area is 122 Å². The van der Waals surface area contributed by atoms with Crippen LogP contribution < -0.4 is 10.0 Å². The van der Waals surface area contributed by atoms with Crippen LogP contribution in [0.5, 0.6) is 0 Å². The molecule has 0 radical (unpaired) electrons. The van der Waals surface area contributed by atoms with E-state index in [2.05, 4.69) is 10.0 Å². The predicted molar refractivity (Wildman–Crippen MR) is 75.4 cm³/mol. The van der Waals surface area contributed by atoms with E-state index >= 15 is 0 Å². The third kappa shape index (κ3) is 2.91. The fourth-order valence-corrected chi connectivity index (χ4v) is 3.48. The number of carboxylic acids is 1. The molecule has 0 saturated carbocycles. The van der Waals surface area contributed by atoms with Crippen LogP contribution in [-0.4, -0.2) is 30.9 Å². The fourth-order valence-electron chi connectivity index (χ4n) is 2.00. The maximum atomic E-state index is 12.3. The van der Waals surface area contributed by atoms with Crippen molar-refractivity contribution >= 4 is 27.6 Å². The van der Waals surface area contributed by atoms with Gasteiger partial charge in [-0.25, -0.2) is 8.42 Å². The lowest BCUT2D eigenvalue weighted by Crippen LogP contribution is -2.51. The van der Waals surface area contributed by atoms with Crippen LogP contribution in [0.1, 0.15) is 25.8 Å². The number of amides is 1. The summed E-state index contributed by atoms with van der Waals surface area (Å²) in [6.07, 6.45) is 0.217. The van der Waals surface area contributed by atoms with Gasteiger partial charge in [-0.1, -0.05) is 6.92 Å². The molecule has 1 amide bonds. The zero-order chi connectivity index (χ0) is 15.8. The van der Waals surface area contributed by atoms with Crippen molar-refractivity contribution in [3.8, 4) is 0 Å². The third-order valence-corrected chi connectivity index (χ3v) is 5.14. The lowest BCUT2D eigenvalue weighted by Gasteiger charge is -2.24. The maximum absolute atomic E-state index is 12.3. The number of rotatable bonds is 5. The molecule has 7 nitrogen and oxygen atoms in total. The second kappa shape index (κ2) is 5.12. The van der Waals surface area contributed by atoms with Crippen molar-refractivity contribution < 1.29 is 23.1 Å². The van der Waals surface area contributed by atoms with Crippen LogP contribution in [0.25, 0.3) is 0 Å². The van der Waals surface area contributed by atoms with Crippen molar-refractivity contribution in [2.24, 2.45) is 0 Å². The van der Waals surface area contributed by atoms with E-state index in [1.165, 1.54) is 25.1 Å². The van der Waals surface area contributed by atoms with E-state index in [0.717, 1.165) is 0 Å². The van der Waals surface area contributed by atoms with Gasteiger partial charge in [0.2, 0.25) is 15.9 Å². The average molecular weight is 312 g/mol. The maximum Gasteiger partial charge on any atom is 0.324 e. The molecule has 1 atom stereocenters. The molecule has 1 aromatic rings. The van der Waals surface area contributed by atoms with E-state index in [0.29, 0.717) is 11.3 Å². The van der Waals surface area contributed by atoms with E-state index < -0.39 is 21.5 Å². The number of hydrogen-bond acceptors (Lipinski definition) is 4. The van der Waals surface area contributed by atoms with Gasteiger partial charge in [0.05, 0.1) is 11.3 Å². The molecule has 1 heterocycles. The minimum atomic E-state index is -3.98. The van der Waals surface area contributed by atoms with Crippen molar-refractivity contribution in [2.75, 3.05) is 5.32 Å². The summed E-state index contributed by atoms with van der Waals surface area (Å²) in [5, 5.41) is 11.8. The van der Waals surface area contributed by atoms with Gasteiger partial charge < -0.3 is 10.4 Å². The number of carboxylic acid groups (broad SMARTS) is 1. The summed E-state index contributed by atoms with van der Waals surface area (Å²) in [6, 6.07) is 4.22. The van der Waals surface area contributed by atoms with E-state index in [4.69, 9.17) is 5.11 Å². The molecule has 1 aliphatic heterocycles. The Balaban J connectivity index is 2.35. The molecule has 114 valence electrons. The number of hydrogen-bond donors (Lipinski definition) is 3. The molecule has 0 fully saturated rings. The van der Waals surface area contributed by atoms with Crippen LogP contribution in [-0.2, 0) is 26.0 Å². The van der Waals surface area contributed by atoms with Crippen molar-refractivity contribution in [2.45, 2.75) is 37.1 Å². The van der Waals surface area contributed by atoms with Gasteiger partial charge in [-0.15, -0.1) is 0 Å². The van der Waals surface area contributed by atoms with Gasteiger partial charge >= 0.3 is 5.97 Å². The molecule has 0 bridgehead atoms. The first-order valence-electron chi connectivity index (χ1n) is 6.38. The summed E-state index contributed by atoms with van der Waals surface area (Å²) in [4.78, 5) is 22.4. The van der Waals surface area contributed by atoms with Crippen molar-refractivity contribution in [1.29, 1.82) is 0 Å². The molecular weight excluding hydrogens is 296 g/mol. The number of carbonyl (C=O) groups excluding carboxylic acids is 1. The Kier molecular flexibility index (Phi) is 3.77. The number of anilines is 1. The highest BCUT2D eigenvalue weighted by Crippen LogP contribution is 2.26. The van der Waals surface area contributed by atoms with E-state index in [-0.39, 0.29) is 23.6 Å². The van der Waals surface area contributed by atoms with Gasteiger partial charge in [-0.2, -0.15) is 4.72 Å². The first kappa shape index (κ1) is 15.5. The van der Waals surface area contributed by atoms with E-state index in [9.17, 15) is 18.0 Å². The normalized spacial score (nSPS) is 17.0. The van der Waals surface area contributed by atoms with E-state index in [1.54, 1.807) is 6.92 Å². The number of aliphatic carboxylic acids is 1. The van der Waals surface area contributed by atoms with Gasteiger partial charge in [0.15, 0.2) is 0 Å². The Hall–Kier alpha value is -1.93. The highest BCUT2D eigenvalue weighted by molar-refractivity contribution is 7.89. The van der Waals surface area contributed by atoms with E-state index in [1.807, 2.05) is 0 Å². The summed E-state index contributed by atoms with van der Waals surface area (Å²) < 4.78 is 26.8. The molecule has 0 spiro atoms. The molecule has 21 heavy (non-hydrogen) atoms. The molecule has 0 saturated heterocycles. The van der Waals surface area contributed by atoms with Crippen LogP contribution in [0.2, 0.25) is 0 Å². The number of benzene rings is 1. The van der Waals surface area contributed by atoms with Crippen LogP contribution >= 0.6 is 0 Å². The third-order valence-electron chi connectivity index (χ3n) is 3.55. The molecule has 0 aromatic heterocycles. The van der Waals surface area contributed by atoms with Gasteiger partial charge in [0, 0.05) is 5.69 Å². The Bertz CT molecular complexity index is 713. The summed E-state index contributed by atoms with van der Waals surface area (Å²) in [7, 11) is -3.98. The molecule has 1 unspecified atom stereocenters. The molecule has 0 aliphatic carbocycles. The fraction of sp³-hybridized carbons (Fsp3) is 0.385. The van der Waals surface area contributed by atoms with Crippen LogP contribution in [0.4, 0.5) is 5.69 Å². The van der Waals surface area contributed by atoms with Crippen molar-refractivity contribution in [3.63, 3.8) is 0 Å². The van der Waals surface area contributed by atoms with Gasteiger partial charge in [-0.05, 0) is 37.1 Å². The number of nitrogens with one attached hydrogen (secondary N) is 2. The lowest BCUT2D eigenvalue weighted by molar-refractivity contribution is -0.143. The SMILES string of the molecule is CCC(C)(NS(=O)(=O)c1ccc2c(c1)CC(=O)N2)C(=O)O. The average Bonchev–Trinajstić information content (AvgIpc) is 2.76. The zero-order valence-electron chi connectivity index (χ0n) is 11.6. The molecule has 1 aromatic carbocycles. The molecule has 3 N–H and O–H groups in total. The standard InChI is InChI=1S/C13H16N2O5S/c1-3-13(2,12(17)18)15-21(19,20)9-4-5-10-8(6-9)7-11(16)14-10/h4-6,15H,3,7H2,1-2H3,(H,14,16)(H,17,18). The molecule has 1 aliphatic rings. The number of fused-ring (bicyclic) bond motifs is 1. The smallest absolute Gasteiger partial charge is 0.324 e. The lowest BCUT2D eigenvalue weighted by atomic mass is 10.0. The monoisotopic (exact) mass is 312 g/mol. The van der Waals surface area contributed by atoms with Crippen molar-refractivity contribution in [1.82, 2.24) is 4.72 Å². The highest BCUT2D eigenvalue weighted by atomic mass is 32.2. The second-order valence-corrected chi connectivity index (χ2v) is 6.82. The Morgan fingerprint density at radius 2 is 2.14 bits per heavy atom. The van der Waals surface area contributed by atoms with Gasteiger partial charge in [0.1, 0.15) is 5.54 Å². The minimum absolute atomic E-state index is 0.0568. The van der Waals surface area contributed by atoms with Crippen molar-refractivity contribution in [3.05, 3.63) is 23.8 Å². The number of carbonyl (C=O) groups is 2. The minimum Gasteiger partial charge on any atom is -0.480 e. The molecular formula is C13H16N2O5S. The molecule has 2 rings (SSSR count). The first-order valence-corrected chi connectivity index (χ1v) is 7.86. The van der Waals surface area contributed by atoms with Gasteiger partial charge in [0.25, 0.3) is 0 Å². The Morgan fingerprint density at radius 3 is 2.71 bits per heavy atom. The summed E-state index contributed by atoms with van der Waals surface area (Å²) in [5.41, 5.74) is -0.418. The summed E-state index contributed by atoms with van der Waals surface area (Å²) in [5.74, 6) is -1.44. The van der Waals surface area contributed by atoms with Gasteiger partial charge in [-0.3, -0.25) is 9.59 Å². The topological polar surface area (TPSA) is 113 Å². The molecule has 8 heteroatoms. The Morgan fingerprint density at radius 1 is 1.48 bits per heavy atom. The summed E-state index contributed by atoms with van der Waals surface area (Å²) in [6.45, 7) is 2.90. The highest BCUT2D eigenvalue weighted by Gasteiger charge is 2.36. The van der Waals surface area contributed by atoms with Crippen LogP contribution in [0, 0.1) is 0 Å².